The van der Waals surface area contributed by atoms with Crippen molar-refractivity contribution in [2.45, 2.75) is 125 Å². The first-order chi connectivity index (χ1) is 23.7. The lowest BCUT2D eigenvalue weighted by Crippen LogP contribution is -2.36. The van der Waals surface area contributed by atoms with Crippen molar-refractivity contribution >= 4 is 21.8 Å². The Hall–Kier alpha value is -4.23. The zero-order chi connectivity index (χ0) is 37.3. The SMILES string of the molecule is CC1(C)CCC(C)(C)c2c(Cc3ccccc3C(=O)O)cc(S(=O)(=O)c3cc(Cc4ccccc4C(=O)O)c4c(c3)C(C)(C)CCC4(C)C)cc21. The van der Waals surface area contributed by atoms with Gasteiger partial charge in [-0.3, -0.25) is 0 Å². The molecule has 268 valence electrons. The molecule has 51 heavy (non-hydrogen) atoms. The zero-order valence-corrected chi connectivity index (χ0v) is 31.9. The van der Waals surface area contributed by atoms with Crippen LogP contribution >= 0.6 is 0 Å². The first-order valence-electron chi connectivity index (χ1n) is 17.9. The van der Waals surface area contributed by atoms with E-state index in [0.717, 1.165) is 59.1 Å². The van der Waals surface area contributed by atoms with E-state index in [0.29, 0.717) is 11.1 Å². The Morgan fingerprint density at radius 3 is 1.22 bits per heavy atom. The van der Waals surface area contributed by atoms with E-state index in [1.54, 1.807) is 36.4 Å². The Morgan fingerprint density at radius 1 is 0.529 bits per heavy atom. The van der Waals surface area contributed by atoms with Crippen LogP contribution in [0.5, 0.6) is 0 Å². The summed E-state index contributed by atoms with van der Waals surface area (Å²) in [6, 6.07) is 21.2. The summed E-state index contributed by atoms with van der Waals surface area (Å²) in [5, 5.41) is 20.1. The molecule has 0 radical (unpaired) electrons. The quantitative estimate of drug-likeness (QED) is 0.189. The summed E-state index contributed by atoms with van der Waals surface area (Å²) in [4.78, 5) is 24.9. The van der Waals surface area contributed by atoms with Gasteiger partial charge in [0.05, 0.1) is 20.9 Å². The van der Waals surface area contributed by atoms with Crippen LogP contribution in [-0.4, -0.2) is 30.6 Å². The smallest absolute Gasteiger partial charge is 0.335 e. The number of hydrogen-bond acceptors (Lipinski definition) is 4. The van der Waals surface area contributed by atoms with Crippen molar-refractivity contribution in [3.05, 3.63) is 128 Å². The minimum absolute atomic E-state index is 0.194. The van der Waals surface area contributed by atoms with Crippen molar-refractivity contribution in [1.29, 1.82) is 0 Å². The number of carboxylic acid groups (broad SMARTS) is 2. The van der Waals surface area contributed by atoms with E-state index in [-0.39, 0.29) is 55.4 Å². The molecule has 2 aliphatic rings. The Kier molecular flexibility index (Phi) is 8.94. The summed E-state index contributed by atoms with van der Waals surface area (Å²) in [6.07, 6.45) is 4.19. The third-order valence-corrected chi connectivity index (χ3v) is 13.5. The second kappa shape index (κ2) is 12.5. The van der Waals surface area contributed by atoms with Gasteiger partial charge in [0.2, 0.25) is 9.84 Å². The largest absolute Gasteiger partial charge is 0.478 e. The molecule has 0 aliphatic heterocycles. The van der Waals surface area contributed by atoms with Crippen LogP contribution in [0.25, 0.3) is 0 Å². The fourth-order valence-corrected chi connectivity index (χ4v) is 10.1. The van der Waals surface area contributed by atoms with Crippen LogP contribution in [-0.2, 0) is 44.3 Å². The summed E-state index contributed by atoms with van der Waals surface area (Å²) in [7, 11) is -4.10. The van der Waals surface area contributed by atoms with Gasteiger partial charge in [-0.1, -0.05) is 91.8 Å². The van der Waals surface area contributed by atoms with Crippen molar-refractivity contribution in [2.24, 2.45) is 0 Å². The van der Waals surface area contributed by atoms with Gasteiger partial charge in [0.1, 0.15) is 0 Å². The zero-order valence-electron chi connectivity index (χ0n) is 31.1. The van der Waals surface area contributed by atoms with Crippen LogP contribution in [0.1, 0.15) is 146 Å². The van der Waals surface area contributed by atoms with Crippen molar-refractivity contribution in [1.82, 2.24) is 0 Å². The molecule has 0 saturated carbocycles. The molecule has 4 aromatic carbocycles. The van der Waals surface area contributed by atoms with Gasteiger partial charge in [-0.05, 0) is 141 Å². The molecule has 2 aliphatic carbocycles. The minimum atomic E-state index is -4.10. The molecule has 2 N–H and O–H groups in total. The Bertz CT molecular complexity index is 2040. The molecule has 7 heteroatoms. The lowest BCUT2D eigenvalue weighted by atomic mass is 9.61. The van der Waals surface area contributed by atoms with Gasteiger partial charge in [-0.2, -0.15) is 0 Å². The molecule has 0 amide bonds. The Balaban J connectivity index is 1.61. The molecule has 0 bridgehead atoms. The first kappa shape index (κ1) is 36.6. The average Bonchev–Trinajstić information content (AvgIpc) is 3.05. The molecule has 6 nitrogen and oxygen atoms in total. The lowest BCUT2D eigenvalue weighted by Gasteiger charge is -2.44. The molecule has 6 rings (SSSR count). The van der Waals surface area contributed by atoms with E-state index < -0.39 is 21.8 Å². The van der Waals surface area contributed by atoms with Gasteiger partial charge >= 0.3 is 11.9 Å². The molecule has 0 spiro atoms. The highest BCUT2D eigenvalue weighted by Gasteiger charge is 2.42. The second-order valence-corrected chi connectivity index (χ2v) is 19.3. The Morgan fingerprint density at radius 2 is 0.863 bits per heavy atom. The number of sulfone groups is 1. The van der Waals surface area contributed by atoms with E-state index >= 15 is 8.42 Å². The predicted octanol–water partition coefficient (Wildman–Crippen LogP) is 9.80. The summed E-state index contributed by atoms with van der Waals surface area (Å²) in [6.45, 7) is 17.4. The second-order valence-electron chi connectivity index (χ2n) is 17.3. The minimum Gasteiger partial charge on any atom is -0.478 e. The van der Waals surface area contributed by atoms with E-state index in [4.69, 9.17) is 0 Å². The molecule has 0 heterocycles. The van der Waals surface area contributed by atoms with E-state index in [1.807, 2.05) is 36.4 Å². The standard InChI is InChI=1S/C44H50O6S/c1-41(2)17-19-43(5,6)37-29(21-27-13-9-11-15-33(27)39(45)46)23-31(25-35(37)41)51(49,50)32-24-30(22-28-14-10-12-16-34(28)40(47)48)38-36(26-32)42(3,4)18-20-44(38,7)8/h9-16,23-26H,17-22H2,1-8H3,(H,45,46)(H,47,48). The van der Waals surface area contributed by atoms with Gasteiger partial charge in [-0.15, -0.1) is 0 Å². The van der Waals surface area contributed by atoms with Crippen LogP contribution in [0.2, 0.25) is 0 Å². The third kappa shape index (κ3) is 6.54. The summed E-state index contributed by atoms with van der Waals surface area (Å²) in [5.74, 6) is -2.03. The Labute approximate surface area is 302 Å². The van der Waals surface area contributed by atoms with Gasteiger partial charge in [0, 0.05) is 0 Å². The van der Waals surface area contributed by atoms with E-state index in [9.17, 15) is 19.8 Å². The molecule has 0 atom stereocenters. The van der Waals surface area contributed by atoms with Crippen molar-refractivity contribution in [3.8, 4) is 0 Å². The molecule has 0 fully saturated rings. The van der Waals surface area contributed by atoms with Gasteiger partial charge in [0.15, 0.2) is 0 Å². The van der Waals surface area contributed by atoms with Crippen LogP contribution in [0.4, 0.5) is 0 Å². The maximum Gasteiger partial charge on any atom is 0.335 e. The lowest BCUT2D eigenvalue weighted by molar-refractivity contribution is 0.0685. The van der Waals surface area contributed by atoms with Crippen molar-refractivity contribution in [3.63, 3.8) is 0 Å². The maximum atomic E-state index is 15.1. The number of carboxylic acids is 2. The summed E-state index contributed by atoms with van der Waals surface area (Å²) in [5.41, 5.74) is 6.41. The van der Waals surface area contributed by atoms with E-state index in [1.165, 1.54) is 0 Å². The van der Waals surface area contributed by atoms with Crippen LogP contribution in [0, 0.1) is 0 Å². The monoisotopic (exact) mass is 706 g/mol. The molecular formula is C44H50O6S. The van der Waals surface area contributed by atoms with Gasteiger partial charge < -0.3 is 10.2 Å². The first-order valence-corrected chi connectivity index (χ1v) is 19.4. The predicted molar refractivity (Wildman–Crippen MR) is 201 cm³/mol. The molecule has 0 saturated heterocycles. The molecule has 4 aromatic rings. The molecule has 0 aromatic heterocycles. The fraction of sp³-hybridized carbons (Fsp3) is 0.409. The van der Waals surface area contributed by atoms with Crippen LogP contribution in [0.15, 0.2) is 82.6 Å². The number of hydrogen-bond donors (Lipinski definition) is 2. The van der Waals surface area contributed by atoms with Gasteiger partial charge in [0.25, 0.3) is 0 Å². The maximum absolute atomic E-state index is 15.1. The highest BCUT2D eigenvalue weighted by Crippen LogP contribution is 2.51. The van der Waals surface area contributed by atoms with Crippen LogP contribution < -0.4 is 0 Å². The average molecular weight is 707 g/mol. The van der Waals surface area contributed by atoms with Crippen LogP contribution in [0.3, 0.4) is 0 Å². The number of rotatable bonds is 8. The normalized spacial score (nSPS) is 18.4. The van der Waals surface area contributed by atoms with Crippen molar-refractivity contribution in [2.75, 3.05) is 0 Å². The molecule has 0 unspecified atom stereocenters. The highest BCUT2D eigenvalue weighted by molar-refractivity contribution is 7.91. The fourth-order valence-electron chi connectivity index (χ4n) is 8.68. The highest BCUT2D eigenvalue weighted by atomic mass is 32.2. The number of fused-ring (bicyclic) bond motifs is 2. The number of benzene rings is 4. The summed E-state index contributed by atoms with van der Waals surface area (Å²) >= 11 is 0. The van der Waals surface area contributed by atoms with Gasteiger partial charge in [-0.25, -0.2) is 18.0 Å². The number of aromatic carboxylic acids is 2. The van der Waals surface area contributed by atoms with Crippen molar-refractivity contribution < 1.29 is 28.2 Å². The summed E-state index contributed by atoms with van der Waals surface area (Å²) < 4.78 is 30.2. The molecular weight excluding hydrogens is 657 g/mol. The third-order valence-electron chi connectivity index (χ3n) is 11.8. The number of carbonyl (C=O) groups is 2. The topological polar surface area (TPSA) is 109 Å². The van der Waals surface area contributed by atoms with E-state index in [2.05, 4.69) is 55.4 Å².